The first-order chi connectivity index (χ1) is 17.9. The molecule has 2 amide bonds. The molecular weight excluding hydrogens is 521 g/mol. The zero-order chi connectivity index (χ0) is 28.4. The summed E-state index contributed by atoms with van der Waals surface area (Å²) in [6.07, 6.45) is 1.91. The molecule has 0 unspecified atom stereocenters. The molecule has 2 rings (SSSR count). The summed E-state index contributed by atoms with van der Waals surface area (Å²) >= 11 is 12.2. The van der Waals surface area contributed by atoms with Crippen LogP contribution in [0.25, 0.3) is 0 Å². The highest BCUT2D eigenvalue weighted by Crippen LogP contribution is 2.21. The number of rotatable bonds is 14. The Balaban J connectivity index is 2.27. The van der Waals surface area contributed by atoms with Gasteiger partial charge in [0.1, 0.15) is 0 Å². The molecule has 0 aliphatic heterocycles. The van der Waals surface area contributed by atoms with Gasteiger partial charge in [-0.05, 0) is 86.1 Å². The van der Waals surface area contributed by atoms with Crippen LogP contribution in [0.1, 0.15) is 78.8 Å². The molecule has 0 bridgehead atoms. The maximum absolute atomic E-state index is 13.7. The number of benzene rings is 2. The van der Waals surface area contributed by atoms with Gasteiger partial charge in [-0.15, -0.1) is 0 Å². The highest BCUT2D eigenvalue weighted by atomic mass is 35.5. The first-order valence-corrected chi connectivity index (χ1v) is 14.3. The topological polar surface area (TPSA) is 86.9 Å². The number of amides is 2. The van der Waals surface area contributed by atoms with Gasteiger partial charge in [0.25, 0.3) is 11.8 Å². The predicted octanol–water partition coefficient (Wildman–Crippen LogP) is 5.98. The fourth-order valence-electron chi connectivity index (χ4n) is 4.44. The Labute approximate surface area is 238 Å². The molecule has 0 aromatic heterocycles. The van der Waals surface area contributed by atoms with Crippen molar-refractivity contribution in [3.63, 3.8) is 0 Å². The molecule has 0 aliphatic rings. The van der Waals surface area contributed by atoms with Crippen LogP contribution in [0, 0.1) is 12.8 Å². The Morgan fingerprint density at radius 3 is 1.89 bits per heavy atom. The van der Waals surface area contributed by atoms with Gasteiger partial charge >= 0.3 is 0 Å². The second-order valence-corrected chi connectivity index (χ2v) is 11.4. The van der Waals surface area contributed by atoms with E-state index in [-0.39, 0.29) is 18.4 Å². The van der Waals surface area contributed by atoms with Gasteiger partial charge in [0.2, 0.25) is 0 Å². The van der Waals surface area contributed by atoms with Crippen LogP contribution in [0.3, 0.4) is 0 Å². The quantitative estimate of drug-likeness (QED) is 0.296. The molecule has 2 atom stereocenters. The van der Waals surface area contributed by atoms with Gasteiger partial charge in [0.15, 0.2) is 0 Å². The molecule has 8 heteroatoms. The van der Waals surface area contributed by atoms with Gasteiger partial charge in [-0.1, -0.05) is 50.9 Å². The van der Waals surface area contributed by atoms with Crippen LogP contribution in [0.2, 0.25) is 10.0 Å². The monoisotopic (exact) mass is 563 g/mol. The predicted molar refractivity (Wildman–Crippen MR) is 157 cm³/mol. The van der Waals surface area contributed by atoms with Gasteiger partial charge in [-0.2, -0.15) is 0 Å². The summed E-state index contributed by atoms with van der Waals surface area (Å²) in [5, 5.41) is 12.0. The zero-order valence-corrected chi connectivity index (χ0v) is 24.9. The number of halogens is 2. The molecule has 210 valence electrons. The zero-order valence-electron chi connectivity index (χ0n) is 23.3. The maximum Gasteiger partial charge on any atom is 0.253 e. The number of hydrogen-bond acceptors (Lipinski definition) is 4. The lowest BCUT2D eigenvalue weighted by Gasteiger charge is -2.29. The summed E-state index contributed by atoms with van der Waals surface area (Å²) in [5.41, 5.74) is 8.95. The van der Waals surface area contributed by atoms with E-state index in [4.69, 9.17) is 28.9 Å². The summed E-state index contributed by atoms with van der Waals surface area (Å²) in [4.78, 5) is 30.5. The third kappa shape index (κ3) is 9.88. The second kappa shape index (κ2) is 15.5. The molecule has 0 spiro atoms. The fraction of sp³-hybridized carbons (Fsp3) is 0.533. The molecule has 0 aliphatic carbocycles. The van der Waals surface area contributed by atoms with Crippen LogP contribution < -0.4 is 5.73 Å². The normalized spacial score (nSPS) is 12.9. The van der Waals surface area contributed by atoms with Crippen LogP contribution in [-0.4, -0.2) is 65.0 Å². The molecule has 2 aromatic rings. The fourth-order valence-corrected chi connectivity index (χ4v) is 5.01. The van der Waals surface area contributed by atoms with Gasteiger partial charge in [0.05, 0.1) is 6.10 Å². The highest BCUT2D eigenvalue weighted by molar-refractivity contribution is 6.34. The number of aryl methyl sites for hydroxylation is 1. The van der Waals surface area contributed by atoms with E-state index in [9.17, 15) is 14.7 Å². The van der Waals surface area contributed by atoms with Crippen LogP contribution in [0.15, 0.2) is 36.4 Å². The molecule has 38 heavy (non-hydrogen) atoms. The van der Waals surface area contributed by atoms with E-state index >= 15 is 0 Å². The first-order valence-electron chi connectivity index (χ1n) is 13.5. The summed E-state index contributed by atoms with van der Waals surface area (Å²) in [6, 6.07) is 9.87. The minimum absolute atomic E-state index is 0.0672. The summed E-state index contributed by atoms with van der Waals surface area (Å²) in [6.45, 7) is 12.1. The lowest BCUT2D eigenvalue weighted by atomic mass is 10.0. The van der Waals surface area contributed by atoms with Crippen LogP contribution in [0.4, 0.5) is 0 Å². The Bertz CT molecular complexity index is 1050. The van der Waals surface area contributed by atoms with E-state index in [0.717, 1.165) is 30.4 Å². The van der Waals surface area contributed by atoms with Crippen molar-refractivity contribution in [3.05, 3.63) is 68.7 Å². The van der Waals surface area contributed by atoms with Crippen LogP contribution in [-0.2, 0) is 6.42 Å². The summed E-state index contributed by atoms with van der Waals surface area (Å²) in [5.74, 6) is 0.0800. The third-order valence-electron chi connectivity index (χ3n) is 6.40. The Kier molecular flexibility index (Phi) is 13.1. The van der Waals surface area contributed by atoms with Gasteiger partial charge in [-0.3, -0.25) is 9.59 Å². The molecule has 2 aromatic carbocycles. The van der Waals surface area contributed by atoms with Crippen LogP contribution in [0.5, 0.6) is 0 Å². The number of nitrogens with zero attached hydrogens (tertiary/aromatic N) is 2. The van der Waals surface area contributed by atoms with Gasteiger partial charge < -0.3 is 20.6 Å². The molecule has 0 heterocycles. The smallest absolute Gasteiger partial charge is 0.253 e. The van der Waals surface area contributed by atoms with E-state index < -0.39 is 12.1 Å². The van der Waals surface area contributed by atoms with Crippen molar-refractivity contribution in [1.82, 2.24) is 9.80 Å². The molecule has 0 fully saturated rings. The van der Waals surface area contributed by atoms with E-state index in [1.165, 1.54) is 0 Å². The van der Waals surface area contributed by atoms with Crippen molar-refractivity contribution in [3.8, 4) is 0 Å². The summed E-state index contributed by atoms with van der Waals surface area (Å²) in [7, 11) is 0. The average molecular weight is 565 g/mol. The van der Waals surface area contributed by atoms with E-state index in [1.807, 2.05) is 31.7 Å². The standard InChI is InChI=1S/C30H43Cl2N3O3/c1-6-9-34(10-7-2)29(37)23-12-21(5)13-24(17-23)30(38)35(11-8-20(3)4)19-28(36)27(33)16-22-14-25(31)18-26(32)15-22/h12-15,17-18,20,27-28,36H,6-11,16,19,33H2,1-5H3/t27-,28+/m0/s1. The SMILES string of the molecule is CCCN(CCC)C(=O)c1cc(C)cc(C(=O)N(CCC(C)C)C[C@@H](O)[C@@H](N)Cc2cc(Cl)cc(Cl)c2)c1. The Morgan fingerprint density at radius 2 is 1.39 bits per heavy atom. The van der Waals surface area contributed by atoms with Gasteiger partial charge in [0, 0.05) is 53.4 Å². The number of carbonyl (C=O) groups is 2. The van der Waals surface area contributed by atoms with E-state index in [2.05, 4.69) is 13.8 Å². The maximum atomic E-state index is 13.7. The minimum atomic E-state index is -0.959. The van der Waals surface area contributed by atoms with Crippen molar-refractivity contribution in [2.75, 3.05) is 26.2 Å². The van der Waals surface area contributed by atoms with Crippen molar-refractivity contribution in [1.29, 1.82) is 0 Å². The number of carbonyl (C=O) groups excluding carboxylic acids is 2. The molecule has 6 nitrogen and oxygen atoms in total. The van der Waals surface area contributed by atoms with Crippen molar-refractivity contribution in [2.24, 2.45) is 11.7 Å². The molecular formula is C30H43Cl2N3O3. The lowest BCUT2D eigenvalue weighted by Crippen LogP contribution is -2.47. The van der Waals surface area contributed by atoms with Crippen molar-refractivity contribution >= 4 is 35.0 Å². The number of aliphatic hydroxyl groups is 1. The lowest BCUT2D eigenvalue weighted by molar-refractivity contribution is 0.0563. The highest BCUT2D eigenvalue weighted by Gasteiger charge is 2.25. The second-order valence-electron chi connectivity index (χ2n) is 10.5. The number of nitrogens with two attached hydrogens (primary N) is 1. The van der Waals surface area contributed by atoms with Crippen molar-refractivity contribution in [2.45, 2.75) is 72.4 Å². The number of aliphatic hydroxyl groups excluding tert-OH is 1. The third-order valence-corrected chi connectivity index (χ3v) is 6.84. The average Bonchev–Trinajstić information content (AvgIpc) is 2.84. The molecule has 0 saturated carbocycles. The first kappa shape index (κ1) is 32.1. The van der Waals surface area contributed by atoms with Crippen molar-refractivity contribution < 1.29 is 14.7 Å². The molecule has 3 N–H and O–H groups in total. The minimum Gasteiger partial charge on any atom is -0.390 e. The van der Waals surface area contributed by atoms with Crippen LogP contribution >= 0.6 is 23.2 Å². The van der Waals surface area contributed by atoms with Gasteiger partial charge in [-0.25, -0.2) is 0 Å². The Hall–Kier alpha value is -2.12. The van der Waals surface area contributed by atoms with E-state index in [0.29, 0.717) is 53.1 Å². The van der Waals surface area contributed by atoms with E-state index in [1.54, 1.807) is 35.2 Å². The number of hydrogen-bond donors (Lipinski definition) is 2. The largest absolute Gasteiger partial charge is 0.390 e. The summed E-state index contributed by atoms with van der Waals surface area (Å²) < 4.78 is 0. The molecule has 0 saturated heterocycles. The molecule has 0 radical (unpaired) electrons. The Morgan fingerprint density at radius 1 is 0.868 bits per heavy atom.